The number of hydrogen-bond acceptors (Lipinski definition) is 2. The van der Waals surface area contributed by atoms with Crippen molar-refractivity contribution in [2.75, 3.05) is 0 Å². The van der Waals surface area contributed by atoms with E-state index in [1.165, 1.54) is 38.5 Å². The SMILES string of the molecule is CCCCCCCCCCB([O-])[O-].[Na+].[Na+]. The first-order valence-corrected chi connectivity index (χ1v) is 5.59. The smallest absolute Gasteiger partial charge is 0.893 e. The van der Waals surface area contributed by atoms with Crippen LogP contribution in [-0.2, 0) is 0 Å². The molecule has 0 unspecified atom stereocenters. The van der Waals surface area contributed by atoms with Gasteiger partial charge in [-0.25, -0.2) is 0 Å². The average molecular weight is 230 g/mol. The Balaban J connectivity index is -0.000000720. The van der Waals surface area contributed by atoms with E-state index in [1.807, 2.05) is 0 Å². The molecule has 5 heteroatoms. The first-order chi connectivity index (χ1) is 6.27. The normalized spacial score (nSPS) is 9.00. The van der Waals surface area contributed by atoms with Gasteiger partial charge in [0.2, 0.25) is 0 Å². The number of hydrogen-bond donors (Lipinski definition) is 0. The van der Waals surface area contributed by atoms with Gasteiger partial charge in [0.1, 0.15) is 0 Å². The van der Waals surface area contributed by atoms with Crippen LogP contribution in [0.2, 0.25) is 6.32 Å². The van der Waals surface area contributed by atoms with Gasteiger partial charge in [0.15, 0.2) is 0 Å². The zero-order valence-corrected chi connectivity index (χ0v) is 14.8. The molecule has 0 amide bonds. The van der Waals surface area contributed by atoms with Gasteiger partial charge in [0, 0.05) is 0 Å². The summed E-state index contributed by atoms with van der Waals surface area (Å²) in [4.78, 5) is 0. The van der Waals surface area contributed by atoms with Gasteiger partial charge in [0.05, 0.1) is 0 Å². The van der Waals surface area contributed by atoms with Gasteiger partial charge in [-0.3, -0.25) is 0 Å². The van der Waals surface area contributed by atoms with Crippen molar-refractivity contribution >= 4 is 7.12 Å². The van der Waals surface area contributed by atoms with Gasteiger partial charge in [-0.15, -0.1) is 13.4 Å². The minimum atomic E-state index is -1.60. The summed E-state index contributed by atoms with van der Waals surface area (Å²) in [5.74, 6) is 0. The summed E-state index contributed by atoms with van der Waals surface area (Å²) in [5, 5.41) is 20.3. The molecule has 0 heterocycles. The molecule has 0 fully saturated rings. The van der Waals surface area contributed by atoms with Crippen LogP contribution >= 0.6 is 0 Å². The van der Waals surface area contributed by atoms with E-state index in [4.69, 9.17) is 0 Å². The third-order valence-corrected chi connectivity index (χ3v) is 2.29. The summed E-state index contributed by atoms with van der Waals surface area (Å²) in [6.45, 7) is 2.21. The van der Waals surface area contributed by atoms with E-state index in [1.54, 1.807) is 0 Å². The van der Waals surface area contributed by atoms with Crippen molar-refractivity contribution in [3.8, 4) is 0 Å². The Morgan fingerprint density at radius 2 is 1.13 bits per heavy atom. The maximum absolute atomic E-state index is 10.1. The first-order valence-electron chi connectivity index (χ1n) is 5.59. The summed E-state index contributed by atoms with van der Waals surface area (Å²) in [5.41, 5.74) is 0. The van der Waals surface area contributed by atoms with Crippen LogP contribution in [0.3, 0.4) is 0 Å². The zero-order valence-electron chi connectivity index (χ0n) is 10.8. The van der Waals surface area contributed by atoms with Crippen LogP contribution in [0.5, 0.6) is 0 Å². The summed E-state index contributed by atoms with van der Waals surface area (Å²) in [7, 11) is -1.60. The van der Waals surface area contributed by atoms with Gasteiger partial charge in [-0.2, -0.15) is 0 Å². The van der Waals surface area contributed by atoms with E-state index >= 15 is 0 Å². The van der Waals surface area contributed by atoms with Gasteiger partial charge < -0.3 is 10.0 Å². The molecule has 0 aromatic rings. The Morgan fingerprint density at radius 3 is 1.53 bits per heavy atom. The molecule has 0 radical (unpaired) electrons. The molecule has 2 nitrogen and oxygen atoms in total. The zero-order chi connectivity index (χ0) is 9.94. The second-order valence-electron chi connectivity index (χ2n) is 3.69. The van der Waals surface area contributed by atoms with Crippen molar-refractivity contribution in [1.29, 1.82) is 0 Å². The third-order valence-electron chi connectivity index (χ3n) is 2.29. The minimum absolute atomic E-state index is 0. The number of rotatable bonds is 9. The summed E-state index contributed by atoms with van der Waals surface area (Å²) in [6, 6.07) is 0. The Kier molecular flexibility index (Phi) is 27.2. The molecule has 0 N–H and O–H groups in total. The summed E-state index contributed by atoms with van der Waals surface area (Å²) >= 11 is 0. The van der Waals surface area contributed by atoms with Gasteiger partial charge in [-0.05, 0) is 0 Å². The molecule has 0 bridgehead atoms. The predicted octanol–water partition coefficient (Wildman–Crippen LogP) is -4.66. The Bertz CT molecular complexity index is 105. The topological polar surface area (TPSA) is 46.1 Å². The van der Waals surface area contributed by atoms with Crippen LogP contribution in [0.1, 0.15) is 58.3 Å². The molecule has 0 spiro atoms. The minimum Gasteiger partial charge on any atom is -0.893 e. The molecular formula is C10H21BNa2O2. The standard InChI is InChI=1S/C10H21BO2.2Na/c1-2-3-4-5-6-7-8-9-10-11(12)13;;/h2-10H2,1H3;;/q-2;2*+1. The van der Waals surface area contributed by atoms with Gasteiger partial charge in [0.25, 0.3) is 0 Å². The molecule has 0 atom stereocenters. The van der Waals surface area contributed by atoms with Crippen molar-refractivity contribution < 1.29 is 69.2 Å². The number of unbranched alkanes of at least 4 members (excludes halogenated alkanes) is 7. The first kappa shape index (κ1) is 22.2. The van der Waals surface area contributed by atoms with Crippen LogP contribution in [0, 0.1) is 0 Å². The summed E-state index contributed by atoms with van der Waals surface area (Å²) in [6.07, 6.45) is 9.93. The average Bonchev–Trinajstić information content (AvgIpc) is 2.09. The van der Waals surface area contributed by atoms with Crippen molar-refractivity contribution in [3.05, 3.63) is 0 Å². The van der Waals surface area contributed by atoms with E-state index in [9.17, 15) is 10.0 Å². The fraction of sp³-hybridized carbons (Fsp3) is 1.00. The van der Waals surface area contributed by atoms with Crippen LogP contribution < -0.4 is 69.2 Å². The van der Waals surface area contributed by atoms with E-state index in [0.29, 0.717) is 6.32 Å². The molecule has 0 aromatic carbocycles. The molecule has 0 aliphatic rings. The molecule has 0 rings (SSSR count). The fourth-order valence-electron chi connectivity index (χ4n) is 1.44. The monoisotopic (exact) mass is 230 g/mol. The second kappa shape index (κ2) is 18.4. The fourth-order valence-corrected chi connectivity index (χ4v) is 1.44. The van der Waals surface area contributed by atoms with Crippen molar-refractivity contribution in [2.45, 2.75) is 64.6 Å². The van der Waals surface area contributed by atoms with Crippen LogP contribution in [0.25, 0.3) is 0 Å². The molecular weight excluding hydrogens is 209 g/mol. The molecule has 15 heavy (non-hydrogen) atoms. The van der Waals surface area contributed by atoms with Crippen molar-refractivity contribution in [3.63, 3.8) is 0 Å². The Labute approximate surface area is 139 Å². The van der Waals surface area contributed by atoms with Gasteiger partial charge in [-0.1, -0.05) is 58.3 Å². The predicted molar refractivity (Wildman–Crippen MR) is 53.2 cm³/mol. The van der Waals surface area contributed by atoms with E-state index in [0.717, 1.165) is 12.8 Å². The maximum atomic E-state index is 10.1. The van der Waals surface area contributed by atoms with Crippen molar-refractivity contribution in [2.24, 2.45) is 0 Å². The molecule has 0 aliphatic carbocycles. The van der Waals surface area contributed by atoms with Crippen LogP contribution in [-0.4, -0.2) is 7.12 Å². The van der Waals surface area contributed by atoms with Crippen LogP contribution in [0.4, 0.5) is 0 Å². The van der Waals surface area contributed by atoms with Crippen LogP contribution in [0.15, 0.2) is 0 Å². The van der Waals surface area contributed by atoms with E-state index in [2.05, 4.69) is 6.92 Å². The second-order valence-corrected chi connectivity index (χ2v) is 3.69. The summed E-state index contributed by atoms with van der Waals surface area (Å²) < 4.78 is 0. The van der Waals surface area contributed by atoms with E-state index in [-0.39, 0.29) is 59.1 Å². The molecule has 0 saturated heterocycles. The maximum Gasteiger partial charge on any atom is 1.00 e. The molecule has 0 saturated carbocycles. The Hall–Kier alpha value is 1.98. The van der Waals surface area contributed by atoms with Crippen molar-refractivity contribution in [1.82, 2.24) is 0 Å². The quantitative estimate of drug-likeness (QED) is 0.295. The van der Waals surface area contributed by atoms with E-state index < -0.39 is 7.12 Å². The molecule has 78 valence electrons. The molecule has 0 aromatic heterocycles. The third kappa shape index (κ3) is 21.8. The Morgan fingerprint density at radius 1 is 0.733 bits per heavy atom. The largest absolute Gasteiger partial charge is 1.00 e. The van der Waals surface area contributed by atoms with Gasteiger partial charge >= 0.3 is 59.1 Å². The molecule has 0 aliphatic heterocycles.